The summed E-state index contributed by atoms with van der Waals surface area (Å²) in [5.41, 5.74) is 0.995. The van der Waals surface area contributed by atoms with Gasteiger partial charge in [0.2, 0.25) is 5.89 Å². The highest BCUT2D eigenvalue weighted by atomic mass is 35.6. The van der Waals surface area contributed by atoms with Crippen LogP contribution in [0.5, 0.6) is 0 Å². The van der Waals surface area contributed by atoms with Crippen molar-refractivity contribution in [3.63, 3.8) is 0 Å². The molecule has 3 rings (SSSR count). The number of rotatable bonds is 4. The second-order valence-corrected chi connectivity index (χ2v) is 7.51. The zero-order valence-corrected chi connectivity index (χ0v) is 15.7. The van der Waals surface area contributed by atoms with Gasteiger partial charge in [0.1, 0.15) is 0 Å². The molecule has 0 atom stereocenters. The van der Waals surface area contributed by atoms with Crippen molar-refractivity contribution in [2.24, 2.45) is 0 Å². The molecule has 2 aromatic carbocycles. The van der Waals surface area contributed by atoms with E-state index in [1.54, 1.807) is 24.3 Å². The van der Waals surface area contributed by atoms with Gasteiger partial charge < -0.3 is 9.73 Å². The first kappa shape index (κ1) is 19.2. The molecule has 0 aliphatic heterocycles. The monoisotopic (exact) mass is 424 g/mol. The molecule has 10 heteroatoms. The van der Waals surface area contributed by atoms with Gasteiger partial charge in [-0.3, -0.25) is 14.9 Å². The Balaban J connectivity index is 1.78. The Bertz CT molecular complexity index is 971. The van der Waals surface area contributed by atoms with Crippen LogP contribution in [0.1, 0.15) is 10.4 Å². The molecule has 2 amide bonds. The number of benzene rings is 2. The van der Waals surface area contributed by atoms with Crippen molar-refractivity contribution in [3.05, 3.63) is 60.2 Å². The van der Waals surface area contributed by atoms with Gasteiger partial charge >= 0.3 is 6.01 Å². The lowest BCUT2D eigenvalue weighted by atomic mass is 10.1. The summed E-state index contributed by atoms with van der Waals surface area (Å²) in [6.45, 7) is 0. The number of hydrogen-bond donors (Lipinski definition) is 2. The number of carbonyl (C=O) groups is 2. The van der Waals surface area contributed by atoms with Crippen molar-refractivity contribution < 1.29 is 14.0 Å². The van der Waals surface area contributed by atoms with Gasteiger partial charge in [-0.2, -0.15) is 0 Å². The number of halogens is 3. The maximum Gasteiger partial charge on any atom is 0.322 e. The molecule has 0 saturated heterocycles. The number of carbonyl (C=O) groups excluding carboxylic acids is 2. The van der Waals surface area contributed by atoms with Crippen LogP contribution in [0.15, 0.2) is 59.0 Å². The normalized spacial score (nSPS) is 11.1. The molecule has 0 fully saturated rings. The highest BCUT2D eigenvalue weighted by Crippen LogP contribution is 2.28. The van der Waals surface area contributed by atoms with Gasteiger partial charge in [0, 0.05) is 5.56 Å². The van der Waals surface area contributed by atoms with Crippen molar-refractivity contribution in [1.82, 2.24) is 10.2 Å². The van der Waals surface area contributed by atoms with Crippen molar-refractivity contribution >= 4 is 58.3 Å². The third kappa shape index (κ3) is 4.77. The van der Waals surface area contributed by atoms with E-state index in [0.29, 0.717) is 5.56 Å². The van der Waals surface area contributed by atoms with Gasteiger partial charge in [-0.05, 0) is 24.3 Å². The number of nitrogens with one attached hydrogen (secondary N) is 2. The molecule has 0 aliphatic rings. The van der Waals surface area contributed by atoms with E-state index in [4.69, 9.17) is 39.2 Å². The average Bonchev–Trinajstić information content (AvgIpc) is 3.10. The first-order valence-corrected chi connectivity index (χ1v) is 8.65. The Hall–Kier alpha value is -2.61. The predicted octanol–water partition coefficient (Wildman–Crippen LogP) is 4.30. The van der Waals surface area contributed by atoms with Crippen molar-refractivity contribution in [1.29, 1.82) is 0 Å². The largest absolute Gasteiger partial charge is 0.403 e. The third-order valence-electron chi connectivity index (χ3n) is 3.34. The van der Waals surface area contributed by atoms with Crippen LogP contribution in [0.3, 0.4) is 0 Å². The standard InChI is InChI=1S/C17H11Cl3N4O3/c18-17(19,20)15(26)21-12-9-5-4-8-11(12)13(25)22-16-24-23-14(27-16)10-6-2-1-3-7-10/h1-9H,(H,21,26)(H,22,24,25). The van der Waals surface area contributed by atoms with Crippen LogP contribution in [0.25, 0.3) is 11.5 Å². The molecule has 0 unspecified atom stereocenters. The molecule has 2 N–H and O–H groups in total. The van der Waals surface area contributed by atoms with Crippen molar-refractivity contribution in [2.75, 3.05) is 10.6 Å². The molecule has 0 bridgehead atoms. The smallest absolute Gasteiger partial charge is 0.322 e. The first-order valence-electron chi connectivity index (χ1n) is 7.52. The van der Waals surface area contributed by atoms with Gasteiger partial charge in [0.25, 0.3) is 15.6 Å². The Labute approximate surface area is 168 Å². The van der Waals surface area contributed by atoms with E-state index in [1.165, 1.54) is 12.1 Å². The highest BCUT2D eigenvalue weighted by molar-refractivity contribution is 6.76. The molecule has 0 aliphatic carbocycles. The lowest BCUT2D eigenvalue weighted by Crippen LogP contribution is -2.28. The highest BCUT2D eigenvalue weighted by Gasteiger charge is 2.31. The van der Waals surface area contributed by atoms with E-state index >= 15 is 0 Å². The number of aromatic nitrogens is 2. The maximum atomic E-state index is 12.5. The van der Waals surface area contributed by atoms with E-state index in [2.05, 4.69) is 20.8 Å². The maximum absolute atomic E-state index is 12.5. The average molecular weight is 426 g/mol. The summed E-state index contributed by atoms with van der Waals surface area (Å²) in [6, 6.07) is 15.2. The summed E-state index contributed by atoms with van der Waals surface area (Å²) >= 11 is 16.6. The molecule has 0 radical (unpaired) electrons. The summed E-state index contributed by atoms with van der Waals surface area (Å²) in [7, 11) is 0. The number of para-hydroxylation sites is 1. The predicted molar refractivity (Wildman–Crippen MR) is 103 cm³/mol. The first-order chi connectivity index (χ1) is 12.8. The third-order valence-corrected chi connectivity index (χ3v) is 3.86. The van der Waals surface area contributed by atoms with Gasteiger partial charge in [0.05, 0.1) is 11.3 Å². The van der Waals surface area contributed by atoms with Gasteiger partial charge in [-0.1, -0.05) is 70.2 Å². The SMILES string of the molecule is O=C(Nc1nnc(-c2ccccc2)o1)c1ccccc1NC(=O)C(Cl)(Cl)Cl. The van der Waals surface area contributed by atoms with Crippen LogP contribution < -0.4 is 10.6 Å². The number of anilines is 2. The molecule has 27 heavy (non-hydrogen) atoms. The molecule has 7 nitrogen and oxygen atoms in total. The minimum Gasteiger partial charge on any atom is -0.403 e. The summed E-state index contributed by atoms with van der Waals surface area (Å²) in [5.74, 6) is -1.22. The fourth-order valence-electron chi connectivity index (χ4n) is 2.12. The lowest BCUT2D eigenvalue weighted by molar-refractivity contribution is -0.115. The zero-order chi connectivity index (χ0) is 19.4. The van der Waals surface area contributed by atoms with E-state index in [9.17, 15) is 9.59 Å². The molecule has 0 spiro atoms. The second-order valence-electron chi connectivity index (χ2n) is 5.23. The van der Waals surface area contributed by atoms with Gasteiger partial charge in [-0.15, -0.1) is 5.10 Å². The van der Waals surface area contributed by atoms with E-state index in [-0.39, 0.29) is 23.2 Å². The molecule has 138 valence electrons. The molecule has 0 saturated carbocycles. The lowest BCUT2D eigenvalue weighted by Gasteiger charge is -2.13. The van der Waals surface area contributed by atoms with Gasteiger partial charge in [-0.25, -0.2) is 0 Å². The Kier molecular flexibility index (Phi) is 5.65. The van der Waals surface area contributed by atoms with Crippen molar-refractivity contribution in [3.8, 4) is 11.5 Å². The van der Waals surface area contributed by atoms with Crippen LogP contribution in [0.4, 0.5) is 11.7 Å². The van der Waals surface area contributed by atoms with E-state index in [0.717, 1.165) is 0 Å². The van der Waals surface area contributed by atoms with Crippen LogP contribution in [0, 0.1) is 0 Å². The molecule has 3 aromatic rings. The summed E-state index contributed by atoms with van der Waals surface area (Å²) < 4.78 is 3.27. The Morgan fingerprint density at radius 3 is 2.26 bits per heavy atom. The molecule has 1 aromatic heterocycles. The zero-order valence-electron chi connectivity index (χ0n) is 13.4. The van der Waals surface area contributed by atoms with Crippen LogP contribution in [-0.2, 0) is 4.79 Å². The summed E-state index contributed by atoms with van der Waals surface area (Å²) in [5, 5.41) is 12.5. The van der Waals surface area contributed by atoms with E-state index in [1.807, 2.05) is 18.2 Å². The Morgan fingerprint density at radius 2 is 1.56 bits per heavy atom. The van der Waals surface area contributed by atoms with Gasteiger partial charge in [0.15, 0.2) is 0 Å². The molecule has 1 heterocycles. The van der Waals surface area contributed by atoms with Crippen LogP contribution in [0.2, 0.25) is 0 Å². The van der Waals surface area contributed by atoms with Crippen LogP contribution in [-0.4, -0.2) is 25.8 Å². The summed E-state index contributed by atoms with van der Waals surface area (Å²) in [6.07, 6.45) is 0. The topological polar surface area (TPSA) is 97.1 Å². The fraction of sp³-hybridized carbons (Fsp3) is 0.0588. The minimum absolute atomic E-state index is 0.0960. The molecular weight excluding hydrogens is 415 g/mol. The molecular formula is C17H11Cl3N4O3. The number of nitrogens with zero attached hydrogens (tertiary/aromatic N) is 2. The number of hydrogen-bond acceptors (Lipinski definition) is 5. The second kappa shape index (κ2) is 7.96. The van der Waals surface area contributed by atoms with E-state index < -0.39 is 15.6 Å². The fourth-order valence-corrected chi connectivity index (χ4v) is 2.26. The minimum atomic E-state index is -2.17. The number of amides is 2. The summed E-state index contributed by atoms with van der Waals surface area (Å²) in [4.78, 5) is 24.4. The quantitative estimate of drug-likeness (QED) is 0.608. The number of alkyl halides is 3. The van der Waals surface area contributed by atoms with Crippen molar-refractivity contribution in [2.45, 2.75) is 3.79 Å². The van der Waals surface area contributed by atoms with Crippen LogP contribution >= 0.6 is 34.8 Å². The Morgan fingerprint density at radius 1 is 0.889 bits per heavy atom.